The molecule has 25 heavy (non-hydrogen) atoms. The van der Waals surface area contributed by atoms with E-state index in [1.54, 1.807) is 38.4 Å². The molecule has 0 radical (unpaired) electrons. The molecular formula is C19H20NNaO4. The van der Waals surface area contributed by atoms with E-state index in [0.717, 1.165) is 5.56 Å². The number of benzene rings is 2. The summed E-state index contributed by atoms with van der Waals surface area (Å²) >= 11 is 0. The van der Waals surface area contributed by atoms with Gasteiger partial charge in [-0.05, 0) is 17.7 Å². The van der Waals surface area contributed by atoms with Crippen molar-refractivity contribution in [2.75, 3.05) is 13.7 Å². The van der Waals surface area contributed by atoms with Crippen LogP contribution in [0.15, 0.2) is 54.7 Å². The Hall–Kier alpha value is -1.79. The van der Waals surface area contributed by atoms with Gasteiger partial charge in [0.15, 0.2) is 11.5 Å². The van der Waals surface area contributed by atoms with Crippen molar-refractivity contribution in [1.82, 2.24) is 4.98 Å². The molecule has 5 nitrogen and oxygen atoms in total. The standard InChI is InChI=1S/C17H15NO3.C2H5O.Na/c1-20-16-9-13-14(18-8-7-15(13)19)10-17(16)21-11-12-5-3-2-4-6-12;1-2-3;/h2-10H,11H2,1H3,(H,18,19);2H2,1H3;/q;-1;+1. The van der Waals surface area contributed by atoms with Crippen LogP contribution in [0, 0.1) is 0 Å². The predicted octanol–water partition coefficient (Wildman–Crippen LogP) is -0.101. The van der Waals surface area contributed by atoms with Gasteiger partial charge in [-0.1, -0.05) is 37.3 Å². The van der Waals surface area contributed by atoms with Crippen LogP contribution in [0.3, 0.4) is 0 Å². The molecule has 0 amide bonds. The number of hydrogen-bond acceptors (Lipinski definition) is 5. The molecule has 0 aliphatic heterocycles. The van der Waals surface area contributed by atoms with Gasteiger partial charge in [0.1, 0.15) is 12.4 Å². The van der Waals surface area contributed by atoms with Gasteiger partial charge in [0.05, 0.1) is 12.6 Å². The number of ether oxygens (including phenoxy) is 2. The molecule has 0 unspecified atom stereocenters. The molecule has 0 saturated carbocycles. The van der Waals surface area contributed by atoms with Crippen molar-refractivity contribution in [2.24, 2.45) is 0 Å². The maximum absolute atomic E-state index is 9.85. The molecule has 1 aromatic heterocycles. The van der Waals surface area contributed by atoms with E-state index in [2.05, 4.69) is 4.98 Å². The van der Waals surface area contributed by atoms with Crippen molar-refractivity contribution >= 4 is 10.9 Å². The number of aromatic nitrogens is 1. The maximum atomic E-state index is 9.85. The summed E-state index contributed by atoms with van der Waals surface area (Å²) in [6.45, 7) is 2.02. The van der Waals surface area contributed by atoms with E-state index in [0.29, 0.717) is 29.0 Å². The predicted molar refractivity (Wildman–Crippen MR) is 91.3 cm³/mol. The number of hydrogen-bond donors (Lipinski definition) is 1. The molecule has 3 aromatic rings. The number of aromatic hydroxyl groups is 1. The molecule has 0 bridgehead atoms. The third-order valence-electron chi connectivity index (χ3n) is 3.24. The van der Waals surface area contributed by atoms with Crippen LogP contribution in [0.2, 0.25) is 0 Å². The summed E-state index contributed by atoms with van der Waals surface area (Å²) in [6, 6.07) is 15.0. The summed E-state index contributed by atoms with van der Waals surface area (Å²) in [6.07, 6.45) is 1.56. The average Bonchev–Trinajstić information content (AvgIpc) is 2.61. The molecule has 2 aromatic carbocycles. The quantitative estimate of drug-likeness (QED) is 0.666. The van der Waals surface area contributed by atoms with Gasteiger partial charge in [0.25, 0.3) is 0 Å². The Morgan fingerprint density at radius 3 is 2.40 bits per heavy atom. The van der Waals surface area contributed by atoms with Crippen LogP contribution in [0.5, 0.6) is 17.2 Å². The Kier molecular flexibility index (Phi) is 9.31. The van der Waals surface area contributed by atoms with Gasteiger partial charge in [-0.25, -0.2) is 0 Å². The van der Waals surface area contributed by atoms with E-state index >= 15 is 0 Å². The molecule has 126 valence electrons. The largest absolute Gasteiger partial charge is 1.00 e. The smallest absolute Gasteiger partial charge is 0.855 e. The molecule has 0 fully saturated rings. The summed E-state index contributed by atoms with van der Waals surface area (Å²) in [5.74, 6) is 1.35. The molecule has 0 spiro atoms. The molecule has 0 aliphatic carbocycles. The Morgan fingerprint density at radius 2 is 1.76 bits per heavy atom. The van der Waals surface area contributed by atoms with Crippen LogP contribution in [-0.4, -0.2) is 23.8 Å². The van der Waals surface area contributed by atoms with E-state index in [-0.39, 0.29) is 41.9 Å². The molecule has 0 atom stereocenters. The van der Waals surface area contributed by atoms with Gasteiger partial charge in [-0.2, -0.15) is 0 Å². The Morgan fingerprint density at radius 1 is 1.08 bits per heavy atom. The second-order valence-corrected chi connectivity index (χ2v) is 4.91. The van der Waals surface area contributed by atoms with E-state index in [9.17, 15) is 5.11 Å². The monoisotopic (exact) mass is 349 g/mol. The molecule has 6 heteroatoms. The SMILES string of the molecule is CC[O-].COc1cc2c(O)ccnc2cc1OCc1ccccc1.[Na+]. The number of methoxy groups -OCH3 is 1. The minimum atomic E-state index is 0. The zero-order valence-electron chi connectivity index (χ0n) is 14.7. The zero-order chi connectivity index (χ0) is 17.4. The van der Waals surface area contributed by atoms with E-state index < -0.39 is 0 Å². The Bertz CT molecular complexity index is 781. The first kappa shape index (κ1) is 21.3. The number of fused-ring (bicyclic) bond motifs is 1. The average molecular weight is 349 g/mol. The molecule has 1 heterocycles. The van der Waals surface area contributed by atoms with Gasteiger partial charge in [0, 0.05) is 17.6 Å². The normalized spacial score (nSPS) is 9.56. The topological polar surface area (TPSA) is 74.6 Å². The maximum Gasteiger partial charge on any atom is 1.00 e. The Balaban J connectivity index is 0.000000730. The van der Waals surface area contributed by atoms with Crippen molar-refractivity contribution in [2.45, 2.75) is 13.5 Å². The molecule has 3 rings (SSSR count). The van der Waals surface area contributed by atoms with Crippen LogP contribution >= 0.6 is 0 Å². The number of pyridine rings is 1. The number of rotatable bonds is 4. The van der Waals surface area contributed by atoms with Gasteiger partial charge in [-0.15, -0.1) is 6.61 Å². The molecule has 1 N–H and O–H groups in total. The second kappa shape index (κ2) is 10.9. The fourth-order valence-electron chi connectivity index (χ4n) is 2.15. The van der Waals surface area contributed by atoms with Crippen molar-refractivity contribution < 1.29 is 49.2 Å². The van der Waals surface area contributed by atoms with Crippen molar-refractivity contribution in [3.05, 3.63) is 60.3 Å². The fourth-order valence-corrected chi connectivity index (χ4v) is 2.15. The first-order valence-electron chi connectivity index (χ1n) is 7.60. The van der Waals surface area contributed by atoms with Crippen LogP contribution in [0.25, 0.3) is 10.9 Å². The van der Waals surface area contributed by atoms with Crippen LogP contribution in [0.1, 0.15) is 12.5 Å². The summed E-state index contributed by atoms with van der Waals surface area (Å²) in [4.78, 5) is 4.24. The van der Waals surface area contributed by atoms with E-state index in [1.807, 2.05) is 30.3 Å². The van der Waals surface area contributed by atoms with Crippen molar-refractivity contribution in [3.63, 3.8) is 0 Å². The van der Waals surface area contributed by atoms with E-state index in [1.165, 1.54) is 0 Å². The Labute approximate surface area is 169 Å². The van der Waals surface area contributed by atoms with Crippen LogP contribution in [-0.2, 0) is 6.61 Å². The summed E-state index contributed by atoms with van der Waals surface area (Å²) in [7, 11) is 1.57. The van der Waals surface area contributed by atoms with Gasteiger partial charge < -0.3 is 19.7 Å². The summed E-state index contributed by atoms with van der Waals surface area (Å²) in [5.41, 5.74) is 1.74. The van der Waals surface area contributed by atoms with E-state index in [4.69, 9.17) is 14.6 Å². The number of nitrogens with zero attached hydrogens (tertiary/aromatic N) is 1. The zero-order valence-corrected chi connectivity index (χ0v) is 16.7. The second-order valence-electron chi connectivity index (χ2n) is 4.91. The summed E-state index contributed by atoms with van der Waals surface area (Å²) < 4.78 is 11.1. The van der Waals surface area contributed by atoms with Gasteiger partial charge in [-0.3, -0.25) is 4.98 Å². The third-order valence-corrected chi connectivity index (χ3v) is 3.24. The minimum Gasteiger partial charge on any atom is -0.855 e. The van der Waals surface area contributed by atoms with Crippen LogP contribution in [0.4, 0.5) is 0 Å². The fraction of sp³-hybridized carbons (Fsp3) is 0.211. The third kappa shape index (κ3) is 5.90. The molecular weight excluding hydrogens is 329 g/mol. The van der Waals surface area contributed by atoms with Gasteiger partial charge >= 0.3 is 29.6 Å². The van der Waals surface area contributed by atoms with Crippen molar-refractivity contribution in [3.8, 4) is 17.2 Å². The molecule has 0 aliphatic rings. The minimum absolute atomic E-state index is 0. The summed E-state index contributed by atoms with van der Waals surface area (Å²) in [5, 5.41) is 19.4. The van der Waals surface area contributed by atoms with Crippen LogP contribution < -0.4 is 44.1 Å². The first-order chi connectivity index (χ1) is 11.7. The van der Waals surface area contributed by atoms with Crippen molar-refractivity contribution in [1.29, 1.82) is 0 Å². The van der Waals surface area contributed by atoms with Gasteiger partial charge in [0.2, 0.25) is 0 Å². The first-order valence-corrected chi connectivity index (χ1v) is 7.60. The molecule has 0 saturated heterocycles.